The number of hydrogen-bond acceptors (Lipinski definition) is 6. The van der Waals surface area contributed by atoms with Gasteiger partial charge in [-0.1, -0.05) is 42.2 Å². The number of aliphatic hydroxyl groups excluding tert-OH is 2. The summed E-state index contributed by atoms with van der Waals surface area (Å²) in [4.78, 5) is 10.9. The monoisotopic (exact) mass is 613 g/mol. The van der Waals surface area contributed by atoms with Crippen LogP contribution < -0.4 is 0 Å². The lowest BCUT2D eigenvalue weighted by atomic mass is 9.96. The van der Waals surface area contributed by atoms with E-state index in [1.165, 1.54) is 18.2 Å². The molecule has 8 nitrogen and oxygen atoms in total. The molecule has 0 saturated carbocycles. The van der Waals surface area contributed by atoms with E-state index >= 15 is 0 Å². The molecule has 3 aromatic rings. The number of halogens is 1. The summed E-state index contributed by atoms with van der Waals surface area (Å²) < 4.78 is 40.1. The van der Waals surface area contributed by atoms with E-state index in [4.69, 9.17) is 14.2 Å². The molecule has 0 aliphatic carbocycles. The molecule has 232 valence electrons. The van der Waals surface area contributed by atoms with Crippen LogP contribution in [0, 0.1) is 17.7 Å². The largest absolute Gasteiger partial charge is 0.481 e. The van der Waals surface area contributed by atoms with Gasteiger partial charge in [-0.05, 0) is 58.4 Å². The highest BCUT2D eigenvalue weighted by molar-refractivity contribution is 7.53. The summed E-state index contributed by atoms with van der Waals surface area (Å²) in [7, 11) is -3.17. The van der Waals surface area contributed by atoms with Crippen molar-refractivity contribution in [3.63, 3.8) is 0 Å². The van der Waals surface area contributed by atoms with E-state index in [-0.39, 0.29) is 31.8 Å². The average molecular weight is 614 g/mol. The number of rotatable bonds is 15. The molecule has 2 aromatic carbocycles. The van der Waals surface area contributed by atoms with E-state index in [0.717, 1.165) is 22.2 Å². The number of nitrogens with zero attached hydrogens (tertiary/aromatic N) is 1. The van der Waals surface area contributed by atoms with Gasteiger partial charge in [0.05, 0.1) is 38.0 Å². The summed E-state index contributed by atoms with van der Waals surface area (Å²) in [6.45, 7) is 8.18. The first kappa shape index (κ1) is 34.2. The zero-order chi connectivity index (χ0) is 31.6. The zero-order valence-electron chi connectivity index (χ0n) is 25.1. The first-order chi connectivity index (χ1) is 20.5. The van der Waals surface area contributed by atoms with Crippen LogP contribution in [-0.2, 0) is 18.4 Å². The third-order valence-corrected chi connectivity index (χ3v) is 8.89. The normalized spacial score (nSPS) is 13.4. The number of fused-ring (bicyclic) bond motifs is 1. The summed E-state index contributed by atoms with van der Waals surface area (Å²) in [6, 6.07) is 12.3. The Morgan fingerprint density at radius 3 is 2.47 bits per heavy atom. The summed E-state index contributed by atoms with van der Waals surface area (Å²) in [5.41, 5.74) is 3.70. The molecule has 1 aromatic heterocycles. The van der Waals surface area contributed by atoms with Gasteiger partial charge in [-0.15, -0.1) is 0 Å². The van der Waals surface area contributed by atoms with E-state index in [9.17, 15) is 24.0 Å². The number of aliphatic hydroxyl groups is 2. The van der Waals surface area contributed by atoms with Crippen LogP contribution in [-0.4, -0.2) is 57.4 Å². The Labute approximate surface area is 252 Å². The molecule has 0 unspecified atom stereocenters. The van der Waals surface area contributed by atoms with Gasteiger partial charge >= 0.3 is 13.6 Å². The predicted molar refractivity (Wildman–Crippen MR) is 167 cm³/mol. The molecule has 0 aliphatic rings. The van der Waals surface area contributed by atoms with Crippen LogP contribution >= 0.6 is 7.60 Å². The van der Waals surface area contributed by atoms with Gasteiger partial charge in [0.25, 0.3) is 0 Å². The van der Waals surface area contributed by atoms with Crippen molar-refractivity contribution in [2.45, 2.75) is 71.6 Å². The van der Waals surface area contributed by atoms with Gasteiger partial charge in [0, 0.05) is 52.2 Å². The number of carbonyl (C=O) groups is 1. The SMILES string of the molecule is CCOP(=O)(CCCC#Cc1cc(F)ccc1-c1c(C=C[C@@H](O)C[C@@H](O)CC(=O)O)n(C(C)C)c2ccccc12)OCC. The molecule has 3 rings (SSSR count). The quantitative estimate of drug-likeness (QED) is 0.0957. The van der Waals surface area contributed by atoms with Crippen LogP contribution in [0.2, 0.25) is 0 Å². The van der Waals surface area contributed by atoms with E-state index in [1.807, 2.05) is 38.1 Å². The first-order valence-corrected chi connectivity index (χ1v) is 16.3. The number of aliphatic carboxylic acids is 1. The highest BCUT2D eigenvalue weighted by Gasteiger charge is 2.23. The smallest absolute Gasteiger partial charge is 0.330 e. The highest BCUT2D eigenvalue weighted by Crippen LogP contribution is 2.48. The van der Waals surface area contributed by atoms with Crippen molar-refractivity contribution in [3.05, 3.63) is 65.6 Å². The van der Waals surface area contributed by atoms with Crippen molar-refractivity contribution >= 4 is 30.5 Å². The lowest BCUT2D eigenvalue weighted by Crippen LogP contribution is -2.19. The maximum absolute atomic E-state index is 14.5. The topological polar surface area (TPSA) is 118 Å². The van der Waals surface area contributed by atoms with Crippen molar-refractivity contribution in [3.8, 4) is 23.0 Å². The molecule has 3 N–H and O–H groups in total. The number of aromatic nitrogens is 1. The molecule has 0 aliphatic heterocycles. The van der Waals surface area contributed by atoms with E-state index in [0.29, 0.717) is 24.0 Å². The Balaban J connectivity index is 2.04. The van der Waals surface area contributed by atoms with Crippen molar-refractivity contribution in [1.82, 2.24) is 4.57 Å². The van der Waals surface area contributed by atoms with E-state index in [2.05, 4.69) is 16.4 Å². The molecule has 1 heterocycles. The Kier molecular flexibility index (Phi) is 12.7. The number of para-hydroxylation sites is 1. The molecule has 0 radical (unpaired) electrons. The molecular weight excluding hydrogens is 572 g/mol. The summed E-state index contributed by atoms with van der Waals surface area (Å²) in [6.07, 6.45) is 1.55. The van der Waals surface area contributed by atoms with Crippen molar-refractivity contribution in [1.29, 1.82) is 0 Å². The number of benzene rings is 2. The molecule has 0 amide bonds. The fourth-order valence-corrected chi connectivity index (χ4v) is 6.71. The van der Waals surface area contributed by atoms with Gasteiger partial charge in [0.15, 0.2) is 0 Å². The van der Waals surface area contributed by atoms with Gasteiger partial charge in [-0.2, -0.15) is 0 Å². The van der Waals surface area contributed by atoms with Crippen LogP contribution in [0.25, 0.3) is 28.1 Å². The second-order valence-electron chi connectivity index (χ2n) is 10.4. The van der Waals surface area contributed by atoms with Gasteiger partial charge in [0.2, 0.25) is 0 Å². The Morgan fingerprint density at radius 1 is 1.12 bits per heavy atom. The lowest BCUT2D eigenvalue weighted by molar-refractivity contribution is -0.139. The number of carboxylic acid groups (broad SMARTS) is 1. The zero-order valence-corrected chi connectivity index (χ0v) is 26.0. The molecule has 10 heteroatoms. The summed E-state index contributed by atoms with van der Waals surface area (Å²) >= 11 is 0. The Bertz CT molecular complexity index is 1530. The van der Waals surface area contributed by atoms with Crippen molar-refractivity contribution in [2.24, 2.45) is 0 Å². The minimum Gasteiger partial charge on any atom is -0.481 e. The highest BCUT2D eigenvalue weighted by atomic mass is 31.2. The summed E-state index contributed by atoms with van der Waals surface area (Å²) in [5, 5.41) is 30.4. The number of carboxylic acids is 1. The minimum atomic E-state index is -3.17. The Hall–Kier alpha value is -3.25. The van der Waals surface area contributed by atoms with E-state index in [1.54, 1.807) is 26.0 Å². The van der Waals surface area contributed by atoms with Crippen LogP contribution in [0.4, 0.5) is 4.39 Å². The molecule has 0 bridgehead atoms. The lowest BCUT2D eigenvalue weighted by Gasteiger charge is -2.16. The van der Waals surface area contributed by atoms with Crippen molar-refractivity contribution in [2.75, 3.05) is 19.4 Å². The van der Waals surface area contributed by atoms with Gasteiger partial charge < -0.3 is 28.9 Å². The van der Waals surface area contributed by atoms with Crippen molar-refractivity contribution < 1.29 is 38.1 Å². The second-order valence-corrected chi connectivity index (χ2v) is 12.6. The van der Waals surface area contributed by atoms with E-state index < -0.39 is 38.0 Å². The Morgan fingerprint density at radius 2 is 1.81 bits per heavy atom. The molecule has 0 fully saturated rings. The fraction of sp³-hybridized carbons (Fsp3) is 0.424. The maximum atomic E-state index is 14.5. The average Bonchev–Trinajstić information content (AvgIpc) is 3.26. The number of hydrogen-bond donors (Lipinski definition) is 3. The molecule has 2 atom stereocenters. The standard InChI is InChI=1S/C33H41FNO7P/c1-5-41-43(40,42-6-2)19-11-7-8-12-24-20-25(34)15-17-28(24)33-29-13-9-10-14-30(29)35(23(3)4)31(33)18-16-26(36)21-27(37)22-32(38)39/h9-10,13-18,20,23,26-27,36-37H,5-7,11,19,21-22H2,1-4H3,(H,38,39)/t26-,27-/m1/s1. The fourth-order valence-electron chi connectivity index (χ4n) is 5.05. The van der Waals surface area contributed by atoms with Gasteiger partial charge in [0.1, 0.15) is 5.82 Å². The number of unbranched alkanes of at least 4 members (excludes halogenated alkanes) is 1. The third kappa shape index (κ3) is 9.37. The van der Waals surface area contributed by atoms with Crippen LogP contribution in [0.3, 0.4) is 0 Å². The maximum Gasteiger partial charge on any atom is 0.330 e. The predicted octanol–water partition coefficient (Wildman–Crippen LogP) is 7.03. The van der Waals surface area contributed by atoms with Gasteiger partial charge in [-0.3, -0.25) is 9.36 Å². The van der Waals surface area contributed by atoms with Crippen LogP contribution in [0.15, 0.2) is 48.5 Å². The minimum absolute atomic E-state index is 0.0226. The molecule has 43 heavy (non-hydrogen) atoms. The third-order valence-electron chi connectivity index (χ3n) is 6.72. The summed E-state index contributed by atoms with van der Waals surface area (Å²) in [5.74, 6) is 4.62. The molecule has 0 spiro atoms. The van der Waals surface area contributed by atoms with Crippen LogP contribution in [0.5, 0.6) is 0 Å². The molecule has 0 saturated heterocycles. The van der Waals surface area contributed by atoms with Crippen LogP contribution in [0.1, 0.15) is 70.7 Å². The first-order valence-electron chi connectivity index (χ1n) is 14.6. The molecular formula is C33H41FNO7P. The second kappa shape index (κ2) is 16.0. The van der Waals surface area contributed by atoms with Gasteiger partial charge in [-0.25, -0.2) is 4.39 Å².